The molecule has 0 spiro atoms. The Balaban J connectivity index is 0.687. The van der Waals surface area contributed by atoms with E-state index in [-0.39, 0.29) is 35.9 Å². The molecule has 0 saturated carbocycles. The summed E-state index contributed by atoms with van der Waals surface area (Å²) in [7, 11) is 1.57. The van der Waals surface area contributed by atoms with E-state index in [0.29, 0.717) is 58.6 Å². The fraction of sp³-hybridized carbons (Fsp3) is 0.510. The first-order chi connectivity index (χ1) is 30.9. The van der Waals surface area contributed by atoms with Crippen molar-refractivity contribution in [3.05, 3.63) is 83.1 Å². The molecule has 338 valence electrons. The summed E-state index contributed by atoms with van der Waals surface area (Å²) in [4.78, 5) is 66.9. The van der Waals surface area contributed by atoms with Crippen LogP contribution >= 0.6 is 0 Å². The highest BCUT2D eigenvalue weighted by atomic mass is 19.1. The van der Waals surface area contributed by atoms with Crippen LogP contribution in [0.2, 0.25) is 0 Å². The number of aromatic amines is 1. The predicted octanol–water partition coefficient (Wildman–Crippen LogP) is 6.08. The van der Waals surface area contributed by atoms with Crippen molar-refractivity contribution < 1.29 is 32.7 Å². The summed E-state index contributed by atoms with van der Waals surface area (Å²) in [6.07, 6.45) is 6.53. The first-order valence-electron chi connectivity index (χ1n) is 23.1. The molecule has 5 saturated heterocycles. The van der Waals surface area contributed by atoms with E-state index in [2.05, 4.69) is 36.0 Å². The molecule has 7 heterocycles. The molecule has 4 aromatic rings. The zero-order valence-electron chi connectivity index (χ0n) is 37.0. The van der Waals surface area contributed by atoms with Crippen LogP contribution < -0.4 is 24.8 Å². The lowest BCUT2D eigenvalue weighted by molar-refractivity contribution is -0.138. The van der Waals surface area contributed by atoms with Gasteiger partial charge in [0.15, 0.2) is 0 Å². The Morgan fingerprint density at radius 1 is 0.766 bits per heavy atom. The number of carbonyl (C=O) groups is 4. The lowest BCUT2D eigenvalue weighted by Gasteiger charge is -2.53. The van der Waals surface area contributed by atoms with Crippen molar-refractivity contribution in [3.63, 3.8) is 0 Å². The number of nitrogens with zero attached hydrogens (tertiary/aromatic N) is 6. The normalized spacial score (nSPS) is 23.8. The number of methoxy groups -OCH3 is 1. The van der Waals surface area contributed by atoms with Crippen molar-refractivity contribution in [1.82, 2.24) is 25.0 Å². The number of hydrogen-bond donors (Lipinski definition) is 2. The van der Waals surface area contributed by atoms with Crippen LogP contribution in [0.3, 0.4) is 0 Å². The third kappa shape index (κ3) is 7.67. The van der Waals surface area contributed by atoms with Gasteiger partial charge in [-0.05, 0) is 106 Å². The minimum Gasteiger partial charge on any atom is -0.496 e. The summed E-state index contributed by atoms with van der Waals surface area (Å²) in [6, 6.07) is 12.8. The number of nitrogens with one attached hydrogen (secondary N) is 2. The maximum absolute atomic E-state index is 16.2. The van der Waals surface area contributed by atoms with E-state index < -0.39 is 23.3 Å². The van der Waals surface area contributed by atoms with Crippen molar-refractivity contribution in [2.24, 2.45) is 17.3 Å². The number of halogens is 2. The molecule has 10 rings (SSSR count). The molecular formula is C49H58F2N8O5. The molecule has 0 unspecified atom stereocenters. The quantitative estimate of drug-likeness (QED) is 0.144. The van der Waals surface area contributed by atoms with Gasteiger partial charge in [-0.15, -0.1) is 0 Å². The largest absolute Gasteiger partial charge is 0.496 e. The molecule has 4 amide bonds. The van der Waals surface area contributed by atoms with Crippen molar-refractivity contribution in [1.29, 1.82) is 0 Å². The number of H-pyrrole nitrogens is 1. The number of imide groups is 1. The Labute approximate surface area is 372 Å². The second kappa shape index (κ2) is 16.8. The van der Waals surface area contributed by atoms with E-state index in [1.54, 1.807) is 29.2 Å². The average Bonchev–Trinajstić information content (AvgIpc) is 3.90. The Morgan fingerprint density at radius 2 is 1.44 bits per heavy atom. The third-order valence-electron chi connectivity index (χ3n) is 15.1. The van der Waals surface area contributed by atoms with Gasteiger partial charge >= 0.3 is 0 Å². The lowest BCUT2D eigenvalue weighted by Crippen LogP contribution is -2.61. The number of benzene rings is 3. The lowest BCUT2D eigenvalue weighted by atomic mass is 9.70. The van der Waals surface area contributed by atoms with Gasteiger partial charge in [-0.2, -0.15) is 0 Å². The fourth-order valence-electron chi connectivity index (χ4n) is 11.5. The zero-order chi connectivity index (χ0) is 44.4. The van der Waals surface area contributed by atoms with E-state index in [1.807, 2.05) is 32.0 Å². The van der Waals surface area contributed by atoms with Gasteiger partial charge in [0.1, 0.15) is 23.4 Å². The molecule has 0 aliphatic carbocycles. The standard InChI is InChI=1S/C49H58F2N8O5/c1-49(2)45(59(48(49)63)41-24-33(50)23-39-36(41)8-13-52-39)37-25-38(51)42(26-43(37)64-3)57-16-11-31(12-17-57)28-55-20-18-54(19-21-55)27-30-9-14-56(15-10-30)34-4-5-35-32(22-34)29-58(47(35)62)40-6-7-44(60)53-46(40)61/h4-5,8,13,22-26,30-31,40,45,52H,6-7,9-12,14-21,27-29H2,1-3H3,(H,53,60,61)/t40-,45-/m0/s1. The van der Waals surface area contributed by atoms with Crippen LogP contribution in [0.25, 0.3) is 10.9 Å². The third-order valence-corrected chi connectivity index (χ3v) is 15.1. The number of hydrogen-bond acceptors (Lipinski definition) is 9. The SMILES string of the molecule is COc1cc(N2CCC(CN3CCN(CC4CCN(c5ccc6c(c5)CN([C@H]5CCC(=O)NC5=O)C6=O)CC4)CC3)CC2)c(F)cc1[C@@H]1N(c2cc(F)cc3[nH]ccc23)C(=O)C1(C)C. The van der Waals surface area contributed by atoms with E-state index in [4.69, 9.17) is 4.74 Å². The summed E-state index contributed by atoms with van der Waals surface area (Å²) in [5, 5.41) is 3.11. The van der Waals surface area contributed by atoms with Gasteiger partial charge in [0, 0.05) is 113 Å². The summed E-state index contributed by atoms with van der Waals surface area (Å²) < 4.78 is 36.8. The highest BCUT2D eigenvalue weighted by molar-refractivity contribution is 6.11. The molecule has 6 aliphatic heterocycles. The van der Waals surface area contributed by atoms with Gasteiger partial charge in [-0.3, -0.25) is 24.5 Å². The van der Waals surface area contributed by atoms with Gasteiger partial charge in [-0.1, -0.05) is 0 Å². The van der Waals surface area contributed by atoms with E-state index in [0.717, 1.165) is 108 Å². The number of piperazine rings is 1. The number of piperidine rings is 3. The van der Waals surface area contributed by atoms with Gasteiger partial charge in [0.05, 0.1) is 35.5 Å². The summed E-state index contributed by atoms with van der Waals surface area (Å²) in [5.74, 6) is -0.0617. The van der Waals surface area contributed by atoms with Gasteiger partial charge in [0.2, 0.25) is 17.7 Å². The predicted molar refractivity (Wildman–Crippen MR) is 240 cm³/mol. The van der Waals surface area contributed by atoms with Crippen LogP contribution in [0.4, 0.5) is 25.8 Å². The van der Waals surface area contributed by atoms with E-state index in [9.17, 15) is 23.6 Å². The number of anilines is 3. The van der Waals surface area contributed by atoms with Crippen LogP contribution in [0.1, 0.15) is 79.9 Å². The van der Waals surface area contributed by atoms with Gasteiger partial charge in [-0.25, -0.2) is 8.78 Å². The number of aromatic nitrogens is 1. The topological polar surface area (TPSA) is 125 Å². The summed E-state index contributed by atoms with van der Waals surface area (Å²) >= 11 is 0. The van der Waals surface area contributed by atoms with Crippen LogP contribution in [-0.4, -0.2) is 122 Å². The molecule has 0 bridgehead atoms. The molecule has 5 fully saturated rings. The fourth-order valence-corrected chi connectivity index (χ4v) is 11.5. The first-order valence-corrected chi connectivity index (χ1v) is 23.1. The highest BCUT2D eigenvalue weighted by Gasteiger charge is 2.57. The molecule has 6 aliphatic rings. The second-order valence-electron chi connectivity index (χ2n) is 19.4. The summed E-state index contributed by atoms with van der Waals surface area (Å²) in [6.45, 7) is 13.9. The molecular weight excluding hydrogens is 819 g/mol. The zero-order valence-corrected chi connectivity index (χ0v) is 37.0. The maximum Gasteiger partial charge on any atom is 0.255 e. The summed E-state index contributed by atoms with van der Waals surface area (Å²) in [5.41, 5.74) is 4.00. The van der Waals surface area contributed by atoms with Crippen LogP contribution in [0.15, 0.2) is 54.7 Å². The molecule has 1 aromatic heterocycles. The van der Waals surface area contributed by atoms with Crippen molar-refractivity contribution in [3.8, 4) is 5.75 Å². The molecule has 2 N–H and O–H groups in total. The van der Waals surface area contributed by atoms with Crippen LogP contribution in [-0.2, 0) is 20.9 Å². The Bertz CT molecular complexity index is 2490. The number of amides is 4. The van der Waals surface area contributed by atoms with Crippen molar-refractivity contribution >= 4 is 51.6 Å². The van der Waals surface area contributed by atoms with Crippen molar-refractivity contribution in [2.45, 2.75) is 71.0 Å². The van der Waals surface area contributed by atoms with Crippen LogP contribution in [0, 0.1) is 28.9 Å². The first kappa shape index (κ1) is 42.4. The second-order valence-corrected chi connectivity index (χ2v) is 19.4. The van der Waals surface area contributed by atoms with E-state index in [1.165, 1.54) is 18.2 Å². The van der Waals surface area contributed by atoms with Gasteiger partial charge < -0.3 is 39.1 Å². The van der Waals surface area contributed by atoms with Crippen molar-refractivity contribution in [2.75, 3.05) is 87.3 Å². The number of β-lactam (4-membered cyclic amide) rings is 1. The Kier molecular flexibility index (Phi) is 11.1. The molecule has 15 heteroatoms. The Hall–Kier alpha value is -5.54. The Morgan fingerprint density at radius 3 is 2.09 bits per heavy atom. The molecule has 3 aromatic carbocycles. The number of ether oxygens (including phenoxy) is 1. The monoisotopic (exact) mass is 876 g/mol. The minimum atomic E-state index is -0.846. The smallest absolute Gasteiger partial charge is 0.255 e. The number of carbonyl (C=O) groups excluding carboxylic acids is 4. The maximum atomic E-state index is 16.2. The molecule has 2 atom stereocenters. The molecule has 13 nitrogen and oxygen atoms in total. The number of rotatable bonds is 10. The number of fused-ring (bicyclic) bond motifs is 2. The molecule has 0 radical (unpaired) electrons. The molecule has 64 heavy (non-hydrogen) atoms. The van der Waals surface area contributed by atoms with Crippen LogP contribution in [0.5, 0.6) is 5.75 Å². The highest BCUT2D eigenvalue weighted by Crippen LogP contribution is 2.55. The average molecular weight is 877 g/mol. The van der Waals surface area contributed by atoms with Gasteiger partial charge in [0.25, 0.3) is 5.91 Å². The van der Waals surface area contributed by atoms with E-state index >= 15 is 4.39 Å². The minimum absolute atomic E-state index is 0.136.